The standard InChI is InChI=1S/C27H30ClFN2O2S/c28-24-12-10-23(11-13-24)14-18-30-19-16-25(17-20-30)31(21-15-22-6-2-1-3-7-22)34(32,33)27-9-5-4-8-26(27)29/h1-13,25H,14-21H2. The molecular formula is C27H30ClFN2O2S. The van der Waals surface area contributed by atoms with Crippen LogP contribution in [-0.4, -0.2) is 49.8 Å². The molecule has 180 valence electrons. The third-order valence-electron chi connectivity index (χ3n) is 6.48. The molecule has 0 radical (unpaired) electrons. The third-order valence-corrected chi connectivity index (χ3v) is 8.72. The van der Waals surface area contributed by atoms with Crippen LogP contribution in [0.1, 0.15) is 24.0 Å². The summed E-state index contributed by atoms with van der Waals surface area (Å²) >= 11 is 5.97. The molecule has 4 rings (SSSR count). The lowest BCUT2D eigenvalue weighted by Crippen LogP contribution is -2.48. The van der Waals surface area contributed by atoms with E-state index < -0.39 is 15.8 Å². The van der Waals surface area contributed by atoms with Gasteiger partial charge in [-0.05, 0) is 74.2 Å². The predicted octanol–water partition coefficient (Wildman–Crippen LogP) is 5.42. The second-order valence-electron chi connectivity index (χ2n) is 8.73. The summed E-state index contributed by atoms with van der Waals surface area (Å²) in [6.07, 6.45) is 2.96. The smallest absolute Gasteiger partial charge is 0.246 e. The van der Waals surface area contributed by atoms with E-state index in [2.05, 4.69) is 4.90 Å². The Morgan fingerprint density at radius 1 is 0.853 bits per heavy atom. The fraction of sp³-hybridized carbons (Fsp3) is 0.333. The Balaban J connectivity index is 1.44. The molecule has 0 saturated carbocycles. The van der Waals surface area contributed by atoms with Crippen molar-refractivity contribution in [2.24, 2.45) is 0 Å². The van der Waals surface area contributed by atoms with E-state index in [-0.39, 0.29) is 10.9 Å². The molecule has 1 saturated heterocycles. The van der Waals surface area contributed by atoms with Crippen LogP contribution in [0.3, 0.4) is 0 Å². The molecule has 7 heteroatoms. The number of rotatable bonds is 9. The molecule has 0 spiro atoms. The highest BCUT2D eigenvalue weighted by Crippen LogP contribution is 2.26. The summed E-state index contributed by atoms with van der Waals surface area (Å²) in [4.78, 5) is 2.13. The number of sulfonamides is 1. The van der Waals surface area contributed by atoms with Crippen molar-refractivity contribution in [2.75, 3.05) is 26.2 Å². The van der Waals surface area contributed by atoms with E-state index in [1.165, 1.54) is 28.1 Å². The van der Waals surface area contributed by atoms with Gasteiger partial charge in [0.15, 0.2) is 0 Å². The number of halogens is 2. The number of likely N-dealkylation sites (tertiary alicyclic amines) is 1. The van der Waals surface area contributed by atoms with Crippen LogP contribution in [0.2, 0.25) is 5.02 Å². The van der Waals surface area contributed by atoms with Crippen LogP contribution in [-0.2, 0) is 22.9 Å². The summed E-state index contributed by atoms with van der Waals surface area (Å²) in [5.41, 5.74) is 2.30. The van der Waals surface area contributed by atoms with E-state index >= 15 is 0 Å². The Labute approximate surface area is 207 Å². The first-order chi connectivity index (χ1) is 16.4. The third kappa shape index (κ3) is 6.25. The van der Waals surface area contributed by atoms with Gasteiger partial charge in [0.2, 0.25) is 10.0 Å². The fourth-order valence-corrected chi connectivity index (χ4v) is 6.41. The lowest BCUT2D eigenvalue weighted by atomic mass is 10.0. The highest BCUT2D eigenvalue weighted by atomic mass is 35.5. The first-order valence-electron chi connectivity index (χ1n) is 11.7. The van der Waals surface area contributed by atoms with Gasteiger partial charge in [-0.15, -0.1) is 0 Å². The maximum absolute atomic E-state index is 14.5. The minimum absolute atomic E-state index is 0.153. The van der Waals surface area contributed by atoms with Crippen molar-refractivity contribution in [3.63, 3.8) is 0 Å². The molecule has 0 bridgehead atoms. The van der Waals surface area contributed by atoms with Gasteiger partial charge in [0, 0.05) is 24.2 Å². The average molecular weight is 501 g/mol. The quantitative estimate of drug-likeness (QED) is 0.394. The van der Waals surface area contributed by atoms with E-state index in [9.17, 15) is 12.8 Å². The van der Waals surface area contributed by atoms with Crippen molar-refractivity contribution in [3.8, 4) is 0 Å². The highest BCUT2D eigenvalue weighted by Gasteiger charge is 2.34. The molecule has 0 N–H and O–H groups in total. The fourth-order valence-electron chi connectivity index (χ4n) is 4.53. The molecule has 0 aromatic heterocycles. The predicted molar refractivity (Wildman–Crippen MR) is 135 cm³/mol. The van der Waals surface area contributed by atoms with Crippen molar-refractivity contribution in [1.82, 2.24) is 9.21 Å². The van der Waals surface area contributed by atoms with Crippen molar-refractivity contribution in [3.05, 3.63) is 101 Å². The molecule has 34 heavy (non-hydrogen) atoms. The van der Waals surface area contributed by atoms with Crippen molar-refractivity contribution in [2.45, 2.75) is 36.6 Å². The van der Waals surface area contributed by atoms with Gasteiger partial charge in [-0.25, -0.2) is 12.8 Å². The number of piperidine rings is 1. The van der Waals surface area contributed by atoms with Crippen molar-refractivity contribution in [1.29, 1.82) is 0 Å². The summed E-state index contributed by atoms with van der Waals surface area (Å²) in [7, 11) is -3.95. The van der Waals surface area contributed by atoms with Crippen LogP contribution < -0.4 is 0 Å². The second-order valence-corrected chi connectivity index (χ2v) is 11.0. The number of hydrogen-bond acceptors (Lipinski definition) is 3. The average Bonchev–Trinajstić information content (AvgIpc) is 2.85. The Bertz CT molecular complexity index is 1160. The molecule has 0 unspecified atom stereocenters. The van der Waals surface area contributed by atoms with Crippen molar-refractivity contribution >= 4 is 21.6 Å². The maximum Gasteiger partial charge on any atom is 0.246 e. The normalized spacial score (nSPS) is 15.6. The van der Waals surface area contributed by atoms with Gasteiger partial charge in [0.05, 0.1) is 0 Å². The molecule has 1 heterocycles. The van der Waals surface area contributed by atoms with E-state index in [0.29, 0.717) is 13.0 Å². The number of benzene rings is 3. The molecule has 3 aromatic rings. The largest absolute Gasteiger partial charge is 0.303 e. The molecule has 0 amide bonds. The van der Waals surface area contributed by atoms with Crippen LogP contribution in [0.4, 0.5) is 4.39 Å². The summed E-state index contributed by atoms with van der Waals surface area (Å²) in [5.74, 6) is -0.701. The summed E-state index contributed by atoms with van der Waals surface area (Å²) in [6, 6.07) is 23.2. The Morgan fingerprint density at radius 2 is 1.47 bits per heavy atom. The lowest BCUT2D eigenvalue weighted by Gasteiger charge is -2.38. The molecular weight excluding hydrogens is 471 g/mol. The molecule has 3 aromatic carbocycles. The van der Waals surface area contributed by atoms with Gasteiger partial charge >= 0.3 is 0 Å². The molecule has 1 aliphatic rings. The molecule has 0 aliphatic carbocycles. The number of nitrogens with zero attached hydrogens (tertiary/aromatic N) is 2. The molecule has 1 aliphatic heterocycles. The Morgan fingerprint density at radius 3 is 2.15 bits per heavy atom. The minimum atomic E-state index is -3.95. The molecule has 0 atom stereocenters. The lowest BCUT2D eigenvalue weighted by molar-refractivity contribution is 0.160. The summed E-state index contributed by atoms with van der Waals surface area (Å²) in [6.45, 7) is 2.87. The van der Waals surface area contributed by atoms with Gasteiger partial charge < -0.3 is 4.90 Å². The van der Waals surface area contributed by atoms with E-state index in [4.69, 9.17) is 11.6 Å². The van der Waals surface area contributed by atoms with Crippen molar-refractivity contribution < 1.29 is 12.8 Å². The topological polar surface area (TPSA) is 40.6 Å². The summed E-state index contributed by atoms with van der Waals surface area (Å²) in [5, 5.41) is 0.733. The van der Waals surface area contributed by atoms with Gasteiger partial charge in [-0.2, -0.15) is 4.31 Å². The van der Waals surface area contributed by atoms with Crippen LogP contribution in [0.15, 0.2) is 83.8 Å². The molecule has 1 fully saturated rings. The zero-order valence-corrected chi connectivity index (χ0v) is 20.7. The van der Waals surface area contributed by atoms with Gasteiger partial charge in [0.1, 0.15) is 10.7 Å². The van der Waals surface area contributed by atoms with Crippen LogP contribution in [0.25, 0.3) is 0 Å². The van der Waals surface area contributed by atoms with Gasteiger partial charge in [0.25, 0.3) is 0 Å². The van der Waals surface area contributed by atoms with E-state index in [1.54, 1.807) is 6.07 Å². The minimum Gasteiger partial charge on any atom is -0.303 e. The van der Waals surface area contributed by atoms with Crippen LogP contribution >= 0.6 is 11.6 Å². The second kappa shape index (κ2) is 11.5. The van der Waals surface area contributed by atoms with E-state index in [1.807, 2.05) is 54.6 Å². The first kappa shape index (κ1) is 24.9. The maximum atomic E-state index is 14.5. The van der Waals surface area contributed by atoms with E-state index in [0.717, 1.165) is 49.5 Å². The zero-order chi connectivity index (χ0) is 24.0. The molecule has 4 nitrogen and oxygen atoms in total. The summed E-state index contributed by atoms with van der Waals surface area (Å²) < 4.78 is 43.1. The van der Waals surface area contributed by atoms with Crippen LogP contribution in [0.5, 0.6) is 0 Å². The Hall–Kier alpha value is -2.25. The highest BCUT2D eigenvalue weighted by molar-refractivity contribution is 7.89. The zero-order valence-electron chi connectivity index (χ0n) is 19.1. The SMILES string of the molecule is O=S(=O)(c1ccccc1F)N(CCc1ccccc1)C1CCN(CCc2ccc(Cl)cc2)CC1. The monoisotopic (exact) mass is 500 g/mol. The van der Waals surface area contributed by atoms with Gasteiger partial charge in [-0.1, -0.05) is 66.2 Å². The Kier molecular flexibility index (Phi) is 8.37. The van der Waals surface area contributed by atoms with Crippen LogP contribution in [0, 0.1) is 5.82 Å². The number of hydrogen-bond donors (Lipinski definition) is 0. The first-order valence-corrected chi connectivity index (χ1v) is 13.5. The van der Waals surface area contributed by atoms with Gasteiger partial charge in [-0.3, -0.25) is 0 Å².